The van der Waals surface area contributed by atoms with Crippen LogP contribution >= 0.6 is 11.3 Å². The number of thiazole rings is 1. The molecule has 1 unspecified atom stereocenters. The maximum absolute atomic E-state index is 12.5. The fraction of sp³-hybridized carbons (Fsp3) is 0.421. The highest BCUT2D eigenvalue weighted by Gasteiger charge is 2.23. The molecule has 3 rings (SSSR count). The van der Waals surface area contributed by atoms with Crippen molar-refractivity contribution in [3.63, 3.8) is 0 Å². The summed E-state index contributed by atoms with van der Waals surface area (Å²) >= 11 is 1.46. The van der Waals surface area contributed by atoms with Crippen LogP contribution in [0.2, 0.25) is 0 Å². The molecule has 132 valence electrons. The van der Waals surface area contributed by atoms with Gasteiger partial charge in [-0.2, -0.15) is 4.99 Å². The van der Waals surface area contributed by atoms with Gasteiger partial charge in [0.2, 0.25) is 0 Å². The van der Waals surface area contributed by atoms with Gasteiger partial charge >= 0.3 is 5.97 Å². The predicted molar refractivity (Wildman–Crippen MR) is 97.0 cm³/mol. The van der Waals surface area contributed by atoms with Crippen LogP contribution in [0.15, 0.2) is 29.3 Å². The largest absolute Gasteiger partial charge is 0.480 e. The molecule has 5 nitrogen and oxygen atoms in total. The van der Waals surface area contributed by atoms with Crippen LogP contribution in [0.3, 0.4) is 0 Å². The summed E-state index contributed by atoms with van der Waals surface area (Å²) in [6, 6.07) is 6.53. The zero-order chi connectivity index (χ0) is 18.0. The van der Waals surface area contributed by atoms with Crippen molar-refractivity contribution < 1.29 is 14.7 Å². The number of fused-ring (bicyclic) bond motifs is 1. The molecule has 0 radical (unpaired) electrons. The van der Waals surface area contributed by atoms with E-state index >= 15 is 0 Å². The Hall–Kier alpha value is -2.21. The molecule has 0 saturated heterocycles. The Morgan fingerprint density at radius 1 is 1.16 bits per heavy atom. The smallest absolute Gasteiger partial charge is 0.326 e. The molecule has 1 aliphatic carbocycles. The second kappa shape index (κ2) is 7.35. The number of aliphatic carboxylic acids is 1. The normalized spacial score (nSPS) is 16.2. The third kappa shape index (κ3) is 3.74. The average molecular weight is 358 g/mol. The first-order valence-corrected chi connectivity index (χ1v) is 9.40. The number of carbonyl (C=O) groups is 2. The summed E-state index contributed by atoms with van der Waals surface area (Å²) in [4.78, 5) is 30.0. The van der Waals surface area contributed by atoms with Gasteiger partial charge in [-0.3, -0.25) is 4.79 Å². The molecular weight excluding hydrogens is 336 g/mol. The number of amides is 1. The molecule has 1 heterocycles. The lowest BCUT2D eigenvalue weighted by atomic mass is 10.1. The molecular formula is C19H22N2O3S. The monoisotopic (exact) mass is 358 g/mol. The fourth-order valence-corrected chi connectivity index (χ4v) is 4.39. The summed E-state index contributed by atoms with van der Waals surface area (Å²) in [6.45, 7) is 3.61. The van der Waals surface area contributed by atoms with Crippen molar-refractivity contribution in [2.45, 2.75) is 52.0 Å². The number of benzene rings is 1. The molecule has 1 aromatic carbocycles. The molecule has 0 bridgehead atoms. The first-order valence-electron chi connectivity index (χ1n) is 8.59. The van der Waals surface area contributed by atoms with E-state index in [1.54, 1.807) is 23.6 Å². The van der Waals surface area contributed by atoms with Crippen molar-refractivity contribution >= 4 is 23.2 Å². The molecule has 1 N–H and O–H groups in total. The number of carboxylic acids is 1. The topological polar surface area (TPSA) is 71.7 Å². The molecule has 0 aliphatic heterocycles. The van der Waals surface area contributed by atoms with Crippen LogP contribution in [0.4, 0.5) is 0 Å². The molecule has 25 heavy (non-hydrogen) atoms. The van der Waals surface area contributed by atoms with Crippen LogP contribution in [0.1, 0.15) is 58.7 Å². The van der Waals surface area contributed by atoms with E-state index in [1.807, 2.05) is 19.1 Å². The molecule has 0 spiro atoms. The van der Waals surface area contributed by atoms with Gasteiger partial charge in [-0.15, -0.1) is 11.3 Å². The number of aryl methyl sites for hydroxylation is 2. The maximum atomic E-state index is 12.5. The van der Waals surface area contributed by atoms with Crippen LogP contribution in [0.5, 0.6) is 0 Å². The van der Waals surface area contributed by atoms with Crippen molar-refractivity contribution in [3.05, 3.63) is 50.8 Å². The molecule has 2 aromatic rings. The molecule has 0 fully saturated rings. The quantitative estimate of drug-likeness (QED) is 0.854. The van der Waals surface area contributed by atoms with Crippen molar-refractivity contribution in [1.82, 2.24) is 4.57 Å². The Morgan fingerprint density at radius 3 is 2.52 bits per heavy atom. The van der Waals surface area contributed by atoms with E-state index in [-0.39, 0.29) is 5.91 Å². The second-order valence-corrected chi connectivity index (χ2v) is 7.54. The fourth-order valence-electron chi connectivity index (χ4n) is 3.11. The third-order valence-electron chi connectivity index (χ3n) is 4.59. The van der Waals surface area contributed by atoms with Gasteiger partial charge in [0.25, 0.3) is 5.91 Å². The number of rotatable bonds is 3. The summed E-state index contributed by atoms with van der Waals surface area (Å²) in [5, 5.41) is 9.49. The van der Waals surface area contributed by atoms with E-state index in [0.29, 0.717) is 10.4 Å². The number of carbonyl (C=O) groups excluding carboxylic acids is 1. The number of aromatic nitrogens is 1. The Morgan fingerprint density at radius 2 is 1.84 bits per heavy atom. The Bertz CT molecular complexity index is 862. The number of hydrogen-bond acceptors (Lipinski definition) is 3. The van der Waals surface area contributed by atoms with E-state index in [1.165, 1.54) is 16.2 Å². The summed E-state index contributed by atoms with van der Waals surface area (Å²) in [7, 11) is 0. The molecule has 1 aliphatic rings. The zero-order valence-corrected chi connectivity index (χ0v) is 15.3. The maximum Gasteiger partial charge on any atom is 0.326 e. The minimum absolute atomic E-state index is 0.331. The molecule has 1 atom stereocenters. The van der Waals surface area contributed by atoms with Crippen LogP contribution in [-0.2, 0) is 17.6 Å². The second-order valence-electron chi connectivity index (χ2n) is 6.48. The first-order chi connectivity index (χ1) is 12.0. The highest BCUT2D eigenvalue weighted by molar-refractivity contribution is 7.09. The van der Waals surface area contributed by atoms with Crippen molar-refractivity contribution in [2.75, 3.05) is 0 Å². The van der Waals surface area contributed by atoms with Gasteiger partial charge in [0.15, 0.2) is 4.80 Å². The lowest BCUT2D eigenvalue weighted by Gasteiger charge is -2.13. The minimum Gasteiger partial charge on any atom is -0.480 e. The van der Waals surface area contributed by atoms with Crippen molar-refractivity contribution in [2.24, 2.45) is 4.99 Å². The first kappa shape index (κ1) is 17.6. The van der Waals surface area contributed by atoms with Gasteiger partial charge in [0.05, 0.1) is 0 Å². The van der Waals surface area contributed by atoms with Crippen LogP contribution in [0, 0.1) is 6.92 Å². The third-order valence-corrected chi connectivity index (χ3v) is 5.75. The molecule has 6 heteroatoms. The Labute approximate surface area is 150 Å². The lowest BCUT2D eigenvalue weighted by molar-refractivity contribution is -0.140. The average Bonchev–Trinajstić information content (AvgIpc) is 2.75. The summed E-state index contributed by atoms with van der Waals surface area (Å²) < 4.78 is 1.75. The lowest BCUT2D eigenvalue weighted by Crippen LogP contribution is -2.27. The van der Waals surface area contributed by atoms with E-state index in [9.17, 15) is 14.7 Å². The summed E-state index contributed by atoms with van der Waals surface area (Å²) in [5.74, 6) is -1.24. The van der Waals surface area contributed by atoms with E-state index < -0.39 is 12.0 Å². The van der Waals surface area contributed by atoms with Gasteiger partial charge < -0.3 is 9.67 Å². The predicted octanol–water partition coefficient (Wildman–Crippen LogP) is 3.51. The standard InChI is InChI=1S/C19H22N2O3S/c1-12-8-10-14(11-9-12)17(22)20-19-21(13(2)18(23)24)15-6-4-3-5-7-16(15)25-19/h8-11,13H,3-7H2,1-2H3,(H,23,24). The number of hydrogen-bond donors (Lipinski definition) is 1. The van der Waals surface area contributed by atoms with Gasteiger partial charge in [0.1, 0.15) is 6.04 Å². The summed E-state index contributed by atoms with van der Waals surface area (Å²) in [6.07, 6.45) is 5.07. The van der Waals surface area contributed by atoms with E-state index in [4.69, 9.17) is 0 Å². The molecule has 1 aromatic heterocycles. The number of carboxylic acid groups (broad SMARTS) is 1. The Balaban J connectivity index is 2.09. The van der Waals surface area contributed by atoms with Gasteiger partial charge in [-0.1, -0.05) is 24.1 Å². The van der Waals surface area contributed by atoms with Crippen molar-refractivity contribution in [1.29, 1.82) is 0 Å². The highest BCUT2D eigenvalue weighted by atomic mass is 32.1. The highest BCUT2D eigenvalue weighted by Crippen LogP contribution is 2.25. The zero-order valence-electron chi connectivity index (χ0n) is 14.5. The van der Waals surface area contributed by atoms with Crippen molar-refractivity contribution in [3.8, 4) is 0 Å². The number of nitrogens with zero attached hydrogens (tertiary/aromatic N) is 2. The summed E-state index contributed by atoms with van der Waals surface area (Å²) in [5.41, 5.74) is 2.63. The van der Waals surface area contributed by atoms with Gasteiger partial charge in [-0.05, 0) is 51.7 Å². The van der Waals surface area contributed by atoms with Gasteiger partial charge in [0, 0.05) is 16.1 Å². The SMILES string of the molecule is Cc1ccc(C(=O)N=c2sc3c(n2C(C)C(=O)O)CCCCC3)cc1. The molecule has 0 saturated carbocycles. The molecule has 1 amide bonds. The van der Waals surface area contributed by atoms with Crippen LogP contribution in [0.25, 0.3) is 0 Å². The van der Waals surface area contributed by atoms with Gasteiger partial charge in [-0.25, -0.2) is 4.79 Å². The van der Waals surface area contributed by atoms with Crippen LogP contribution < -0.4 is 4.80 Å². The van der Waals surface area contributed by atoms with E-state index in [2.05, 4.69) is 4.99 Å². The minimum atomic E-state index is -0.908. The van der Waals surface area contributed by atoms with Crippen LogP contribution in [-0.4, -0.2) is 21.6 Å². The van der Waals surface area contributed by atoms with E-state index in [0.717, 1.165) is 43.4 Å². The Kier molecular flexibility index (Phi) is 5.18.